The molecule has 1 atom stereocenters. The van der Waals surface area contributed by atoms with E-state index in [1.165, 1.54) is 6.07 Å². The Labute approximate surface area is 130 Å². The molecule has 5 nitrogen and oxygen atoms in total. The monoisotopic (exact) mass is 320 g/mol. The Morgan fingerprint density at radius 1 is 1.23 bits per heavy atom. The van der Waals surface area contributed by atoms with Crippen LogP contribution in [0.1, 0.15) is 32.1 Å². The fourth-order valence-corrected chi connectivity index (χ4v) is 3.90. The molecule has 6 heteroatoms. The molecule has 22 heavy (non-hydrogen) atoms. The Morgan fingerprint density at radius 2 is 2.05 bits per heavy atom. The first-order valence-corrected chi connectivity index (χ1v) is 9.10. The van der Waals surface area contributed by atoms with E-state index in [0.717, 1.165) is 25.7 Å². The molecule has 0 aliphatic heterocycles. The molecule has 0 saturated heterocycles. The minimum absolute atomic E-state index is 0.0670. The number of hydrogen-bond acceptors (Lipinski definition) is 3. The summed E-state index contributed by atoms with van der Waals surface area (Å²) in [5.41, 5.74) is 0.519. The Morgan fingerprint density at radius 3 is 2.73 bits per heavy atom. The van der Waals surface area contributed by atoms with Crippen LogP contribution >= 0.6 is 0 Å². The van der Waals surface area contributed by atoms with Crippen molar-refractivity contribution in [3.8, 4) is 0 Å². The first-order chi connectivity index (χ1) is 10.5. The van der Waals surface area contributed by atoms with Gasteiger partial charge in [-0.3, -0.25) is 4.79 Å². The molecular weight excluding hydrogens is 300 g/mol. The number of hydrogen-bond donors (Lipinski definition) is 2. The van der Waals surface area contributed by atoms with E-state index < -0.39 is 10.0 Å². The zero-order valence-electron chi connectivity index (χ0n) is 12.3. The normalized spacial score (nSPS) is 21.0. The standard InChI is InChI=1S/C16H20N2O3S/c19-16(10-12-4-1-2-5-12)17-14-6-3-7-15(11-14)22(20,21)18-13-8-9-13/h1,3-4,6-7,11-13,18H,2,5,8-10H2,(H,17,19)/t12-/m1/s1. The Hall–Kier alpha value is -1.66. The van der Waals surface area contributed by atoms with Gasteiger partial charge in [0.05, 0.1) is 4.90 Å². The van der Waals surface area contributed by atoms with Crippen molar-refractivity contribution in [2.45, 2.75) is 43.0 Å². The summed E-state index contributed by atoms with van der Waals surface area (Å²) in [6.07, 6.45) is 8.42. The largest absolute Gasteiger partial charge is 0.326 e. The summed E-state index contributed by atoms with van der Waals surface area (Å²) in [6.45, 7) is 0. The number of carbonyl (C=O) groups is 1. The van der Waals surface area contributed by atoms with Crippen molar-refractivity contribution < 1.29 is 13.2 Å². The van der Waals surface area contributed by atoms with E-state index in [-0.39, 0.29) is 16.8 Å². The van der Waals surface area contributed by atoms with Gasteiger partial charge in [-0.2, -0.15) is 0 Å². The molecule has 1 amide bonds. The highest BCUT2D eigenvalue weighted by atomic mass is 32.2. The van der Waals surface area contributed by atoms with E-state index in [2.05, 4.69) is 22.2 Å². The lowest BCUT2D eigenvalue weighted by Crippen LogP contribution is -2.25. The summed E-state index contributed by atoms with van der Waals surface area (Å²) in [5.74, 6) is 0.213. The number of nitrogens with one attached hydrogen (secondary N) is 2. The summed E-state index contributed by atoms with van der Waals surface area (Å²) in [5, 5.41) is 2.79. The van der Waals surface area contributed by atoms with Gasteiger partial charge in [0.15, 0.2) is 0 Å². The van der Waals surface area contributed by atoms with Gasteiger partial charge in [0, 0.05) is 18.2 Å². The predicted octanol–water partition coefficient (Wildman–Crippen LogP) is 2.42. The molecule has 2 N–H and O–H groups in total. The molecule has 0 radical (unpaired) electrons. The van der Waals surface area contributed by atoms with E-state index >= 15 is 0 Å². The first kappa shape index (κ1) is 15.2. The molecular formula is C16H20N2O3S. The number of rotatable bonds is 6. The van der Waals surface area contributed by atoms with Crippen LogP contribution in [0.4, 0.5) is 5.69 Å². The second-order valence-electron chi connectivity index (χ2n) is 5.94. The Kier molecular flexibility index (Phi) is 4.31. The molecule has 0 aromatic heterocycles. The van der Waals surface area contributed by atoms with Crippen molar-refractivity contribution in [3.05, 3.63) is 36.4 Å². The zero-order valence-corrected chi connectivity index (χ0v) is 13.1. The van der Waals surface area contributed by atoms with Crippen LogP contribution in [-0.2, 0) is 14.8 Å². The van der Waals surface area contributed by atoms with Gasteiger partial charge < -0.3 is 5.32 Å². The molecule has 1 saturated carbocycles. The van der Waals surface area contributed by atoms with Crippen LogP contribution in [0.2, 0.25) is 0 Å². The van der Waals surface area contributed by atoms with Crippen LogP contribution in [-0.4, -0.2) is 20.4 Å². The second-order valence-corrected chi connectivity index (χ2v) is 7.66. The highest BCUT2D eigenvalue weighted by Crippen LogP contribution is 2.24. The number of allylic oxidation sites excluding steroid dienone is 2. The van der Waals surface area contributed by atoms with Crippen LogP contribution in [0.3, 0.4) is 0 Å². The third kappa shape index (κ3) is 3.96. The minimum Gasteiger partial charge on any atom is -0.326 e. The summed E-state index contributed by atoms with van der Waals surface area (Å²) >= 11 is 0. The van der Waals surface area contributed by atoms with Gasteiger partial charge in [0.1, 0.15) is 0 Å². The molecule has 3 rings (SSSR count). The first-order valence-electron chi connectivity index (χ1n) is 7.62. The molecule has 0 heterocycles. The minimum atomic E-state index is -3.49. The van der Waals surface area contributed by atoms with Crippen LogP contribution in [0.5, 0.6) is 0 Å². The number of anilines is 1. The number of carbonyl (C=O) groups excluding carboxylic acids is 1. The maximum absolute atomic E-state index is 12.2. The molecule has 118 valence electrons. The smallest absolute Gasteiger partial charge is 0.240 e. The Balaban J connectivity index is 1.65. The van der Waals surface area contributed by atoms with Crippen molar-refractivity contribution in [3.63, 3.8) is 0 Å². The van der Waals surface area contributed by atoms with Gasteiger partial charge in [-0.1, -0.05) is 18.2 Å². The molecule has 1 aromatic carbocycles. The van der Waals surface area contributed by atoms with Crippen LogP contribution in [0.25, 0.3) is 0 Å². The van der Waals surface area contributed by atoms with E-state index in [1.807, 2.05) is 0 Å². The Bertz CT molecular complexity index is 693. The van der Waals surface area contributed by atoms with Crippen LogP contribution < -0.4 is 10.0 Å². The van der Waals surface area contributed by atoms with E-state index in [0.29, 0.717) is 18.0 Å². The molecule has 0 bridgehead atoms. The van der Waals surface area contributed by atoms with Gasteiger partial charge in [-0.25, -0.2) is 13.1 Å². The maximum atomic E-state index is 12.2. The van der Waals surface area contributed by atoms with Crippen molar-refractivity contribution in [1.82, 2.24) is 4.72 Å². The SMILES string of the molecule is O=C(C[C@@H]1C=CCC1)Nc1cccc(S(=O)(=O)NC2CC2)c1. The lowest BCUT2D eigenvalue weighted by atomic mass is 10.1. The van der Waals surface area contributed by atoms with E-state index in [9.17, 15) is 13.2 Å². The fourth-order valence-electron chi connectivity index (χ4n) is 2.55. The molecule has 0 unspecified atom stereocenters. The number of amides is 1. The number of benzene rings is 1. The average molecular weight is 320 g/mol. The van der Waals surface area contributed by atoms with Crippen molar-refractivity contribution in [1.29, 1.82) is 0 Å². The van der Waals surface area contributed by atoms with E-state index in [4.69, 9.17) is 0 Å². The second kappa shape index (κ2) is 6.22. The van der Waals surface area contributed by atoms with E-state index in [1.54, 1.807) is 18.2 Å². The van der Waals surface area contributed by atoms with Gasteiger partial charge in [-0.05, 0) is 49.8 Å². The average Bonchev–Trinajstić information content (AvgIpc) is 3.11. The summed E-state index contributed by atoms with van der Waals surface area (Å²) in [4.78, 5) is 12.2. The highest BCUT2D eigenvalue weighted by molar-refractivity contribution is 7.89. The quantitative estimate of drug-likeness (QED) is 0.790. The highest BCUT2D eigenvalue weighted by Gasteiger charge is 2.28. The van der Waals surface area contributed by atoms with Crippen molar-refractivity contribution in [2.75, 3.05) is 5.32 Å². The molecule has 1 fully saturated rings. The zero-order chi connectivity index (χ0) is 15.6. The van der Waals surface area contributed by atoms with Gasteiger partial charge in [-0.15, -0.1) is 0 Å². The lowest BCUT2D eigenvalue weighted by Gasteiger charge is -2.10. The lowest BCUT2D eigenvalue weighted by molar-refractivity contribution is -0.116. The fraction of sp³-hybridized carbons (Fsp3) is 0.438. The summed E-state index contributed by atoms with van der Waals surface area (Å²) < 4.78 is 27.0. The third-order valence-electron chi connectivity index (χ3n) is 3.89. The van der Waals surface area contributed by atoms with Gasteiger partial charge >= 0.3 is 0 Å². The molecule has 2 aliphatic carbocycles. The molecule has 0 spiro atoms. The van der Waals surface area contributed by atoms with Gasteiger partial charge in [0.25, 0.3) is 0 Å². The van der Waals surface area contributed by atoms with Gasteiger partial charge in [0.2, 0.25) is 15.9 Å². The molecule has 1 aromatic rings. The summed E-state index contributed by atoms with van der Waals surface area (Å²) in [7, 11) is -3.49. The summed E-state index contributed by atoms with van der Waals surface area (Å²) in [6, 6.07) is 6.47. The predicted molar refractivity (Wildman–Crippen MR) is 84.9 cm³/mol. The maximum Gasteiger partial charge on any atom is 0.240 e. The molecule has 2 aliphatic rings. The van der Waals surface area contributed by atoms with Crippen LogP contribution in [0.15, 0.2) is 41.3 Å². The topological polar surface area (TPSA) is 75.3 Å². The number of sulfonamides is 1. The third-order valence-corrected chi connectivity index (χ3v) is 5.41. The van der Waals surface area contributed by atoms with Crippen molar-refractivity contribution >= 4 is 21.6 Å². The van der Waals surface area contributed by atoms with Crippen LogP contribution in [0, 0.1) is 5.92 Å². The van der Waals surface area contributed by atoms with Crippen molar-refractivity contribution in [2.24, 2.45) is 5.92 Å².